The Morgan fingerprint density at radius 2 is 1.86 bits per heavy atom. The number of esters is 1. The number of aliphatic imine (C=N–C) groups is 1. The SMILES string of the molecule is CCCCCOC(=O)C1C(C)=NC2=C(C(=O)CCC2)[C@@H]1c1ccc(OCc2ccccc2)c(OC)c1. The van der Waals surface area contributed by atoms with Crippen LogP contribution >= 0.6 is 0 Å². The highest BCUT2D eigenvalue weighted by Crippen LogP contribution is 2.45. The molecule has 2 aromatic carbocycles. The number of rotatable bonds is 10. The lowest BCUT2D eigenvalue weighted by Crippen LogP contribution is -2.37. The summed E-state index contributed by atoms with van der Waals surface area (Å²) in [7, 11) is 1.60. The molecule has 0 spiro atoms. The Hall–Kier alpha value is -3.41. The van der Waals surface area contributed by atoms with Crippen molar-refractivity contribution in [3.8, 4) is 11.5 Å². The van der Waals surface area contributed by atoms with Gasteiger partial charge >= 0.3 is 5.97 Å². The predicted molar refractivity (Wildman–Crippen MR) is 139 cm³/mol. The van der Waals surface area contributed by atoms with Crippen molar-refractivity contribution in [2.75, 3.05) is 13.7 Å². The van der Waals surface area contributed by atoms with Gasteiger partial charge in [-0.2, -0.15) is 0 Å². The van der Waals surface area contributed by atoms with E-state index in [0.717, 1.165) is 48.9 Å². The number of methoxy groups -OCH3 is 1. The van der Waals surface area contributed by atoms with Crippen LogP contribution in [0, 0.1) is 5.92 Å². The molecule has 0 saturated carbocycles. The molecule has 0 fully saturated rings. The summed E-state index contributed by atoms with van der Waals surface area (Å²) >= 11 is 0. The molecule has 0 saturated heterocycles. The van der Waals surface area contributed by atoms with Crippen molar-refractivity contribution in [1.82, 2.24) is 0 Å². The molecular formula is C30H35NO5. The first-order chi connectivity index (χ1) is 17.5. The number of Topliss-reactive ketones (excluding diaryl/α,β-unsaturated/α-hetero) is 1. The minimum Gasteiger partial charge on any atom is -0.493 e. The molecule has 1 heterocycles. The maximum atomic E-state index is 13.3. The van der Waals surface area contributed by atoms with Crippen LogP contribution in [-0.2, 0) is 20.9 Å². The molecular weight excluding hydrogens is 454 g/mol. The van der Waals surface area contributed by atoms with Gasteiger partial charge in [0.1, 0.15) is 12.5 Å². The Labute approximate surface area is 213 Å². The van der Waals surface area contributed by atoms with Gasteiger partial charge in [-0.05, 0) is 49.4 Å². The molecule has 0 N–H and O–H groups in total. The minimum atomic E-state index is -0.645. The van der Waals surface area contributed by atoms with Gasteiger partial charge in [-0.3, -0.25) is 14.6 Å². The summed E-state index contributed by atoms with van der Waals surface area (Å²) < 4.78 is 17.4. The van der Waals surface area contributed by atoms with E-state index in [-0.39, 0.29) is 11.8 Å². The standard InChI is InChI=1S/C30H35NO5/c1-4-5-9-17-35-30(33)27-20(2)31-23-13-10-14-24(32)29(23)28(27)22-15-16-25(26(18-22)34-3)36-19-21-11-7-6-8-12-21/h6-8,11-12,15-16,18,27-28H,4-5,9-10,13-14,17,19H2,1-3H3/t27?,28-/m1/s1. The monoisotopic (exact) mass is 489 g/mol. The van der Waals surface area contributed by atoms with Crippen molar-refractivity contribution in [2.45, 2.75) is 64.9 Å². The van der Waals surface area contributed by atoms with Crippen molar-refractivity contribution >= 4 is 17.5 Å². The van der Waals surface area contributed by atoms with E-state index in [4.69, 9.17) is 19.2 Å². The molecule has 1 aliphatic carbocycles. The normalized spacial score (nSPS) is 19.4. The van der Waals surface area contributed by atoms with Gasteiger partial charge < -0.3 is 14.2 Å². The molecule has 4 rings (SSSR count). The number of benzene rings is 2. The molecule has 2 atom stereocenters. The fourth-order valence-electron chi connectivity index (χ4n) is 5.02. The molecule has 190 valence electrons. The van der Waals surface area contributed by atoms with Gasteiger partial charge in [0, 0.05) is 29.3 Å². The zero-order chi connectivity index (χ0) is 25.5. The van der Waals surface area contributed by atoms with Crippen LogP contribution in [0.5, 0.6) is 11.5 Å². The third-order valence-corrected chi connectivity index (χ3v) is 6.86. The van der Waals surface area contributed by atoms with Crippen molar-refractivity contribution in [3.63, 3.8) is 0 Å². The molecule has 1 aliphatic heterocycles. The minimum absolute atomic E-state index is 0.0599. The first-order valence-corrected chi connectivity index (χ1v) is 12.9. The van der Waals surface area contributed by atoms with Crippen LogP contribution < -0.4 is 9.47 Å². The fraction of sp³-hybridized carbons (Fsp3) is 0.433. The largest absolute Gasteiger partial charge is 0.493 e. The molecule has 6 nitrogen and oxygen atoms in total. The second-order valence-electron chi connectivity index (χ2n) is 9.40. The highest BCUT2D eigenvalue weighted by Gasteiger charge is 2.43. The number of carbonyl (C=O) groups excluding carboxylic acids is 2. The molecule has 1 unspecified atom stereocenters. The van der Waals surface area contributed by atoms with Crippen LogP contribution in [0.4, 0.5) is 0 Å². The maximum Gasteiger partial charge on any atom is 0.315 e. The Balaban J connectivity index is 1.66. The molecule has 0 radical (unpaired) electrons. The van der Waals surface area contributed by atoms with Crippen LogP contribution in [0.2, 0.25) is 0 Å². The molecule has 0 aromatic heterocycles. The number of nitrogens with zero attached hydrogens (tertiary/aromatic N) is 1. The van der Waals surface area contributed by atoms with Crippen molar-refractivity contribution in [2.24, 2.45) is 10.9 Å². The lowest BCUT2D eigenvalue weighted by molar-refractivity contribution is -0.146. The second kappa shape index (κ2) is 12.0. The van der Waals surface area contributed by atoms with E-state index in [9.17, 15) is 9.59 Å². The molecule has 2 aromatic rings. The topological polar surface area (TPSA) is 74.2 Å². The van der Waals surface area contributed by atoms with Crippen molar-refractivity contribution in [1.29, 1.82) is 0 Å². The summed E-state index contributed by atoms with van der Waals surface area (Å²) in [5.41, 5.74) is 4.01. The van der Waals surface area contributed by atoms with Gasteiger partial charge in [-0.1, -0.05) is 56.2 Å². The lowest BCUT2D eigenvalue weighted by Gasteiger charge is -2.34. The van der Waals surface area contributed by atoms with Crippen LogP contribution in [0.15, 0.2) is 64.8 Å². The van der Waals surface area contributed by atoms with E-state index in [1.807, 2.05) is 55.5 Å². The predicted octanol–water partition coefficient (Wildman–Crippen LogP) is 6.19. The Morgan fingerprint density at radius 1 is 1.06 bits per heavy atom. The summed E-state index contributed by atoms with van der Waals surface area (Å²) in [4.78, 5) is 31.2. The van der Waals surface area contributed by atoms with E-state index < -0.39 is 11.8 Å². The molecule has 0 amide bonds. The van der Waals surface area contributed by atoms with Gasteiger partial charge in [0.2, 0.25) is 0 Å². The first-order valence-electron chi connectivity index (χ1n) is 12.9. The first kappa shape index (κ1) is 25.7. The highest BCUT2D eigenvalue weighted by atomic mass is 16.5. The summed E-state index contributed by atoms with van der Waals surface area (Å²) in [6, 6.07) is 15.6. The number of hydrogen-bond acceptors (Lipinski definition) is 6. The number of ether oxygens (including phenoxy) is 3. The Morgan fingerprint density at radius 3 is 2.61 bits per heavy atom. The van der Waals surface area contributed by atoms with E-state index in [0.29, 0.717) is 42.4 Å². The molecule has 36 heavy (non-hydrogen) atoms. The van der Waals surface area contributed by atoms with E-state index in [1.54, 1.807) is 7.11 Å². The van der Waals surface area contributed by atoms with Gasteiger partial charge in [0.25, 0.3) is 0 Å². The summed E-state index contributed by atoms with van der Waals surface area (Å²) in [6.45, 7) is 4.76. The van der Waals surface area contributed by atoms with Crippen LogP contribution in [0.25, 0.3) is 0 Å². The van der Waals surface area contributed by atoms with E-state index in [2.05, 4.69) is 6.92 Å². The van der Waals surface area contributed by atoms with Crippen LogP contribution in [0.1, 0.15) is 69.4 Å². The van der Waals surface area contributed by atoms with Gasteiger partial charge in [-0.15, -0.1) is 0 Å². The average Bonchev–Trinajstić information content (AvgIpc) is 2.89. The van der Waals surface area contributed by atoms with Crippen molar-refractivity contribution < 1.29 is 23.8 Å². The Bertz CT molecular complexity index is 1150. The summed E-state index contributed by atoms with van der Waals surface area (Å²) in [5.74, 6) is -0.206. The van der Waals surface area contributed by atoms with Crippen LogP contribution in [-0.4, -0.2) is 31.2 Å². The molecule has 0 bridgehead atoms. The number of allylic oxidation sites excluding steroid dienone is 2. The quantitative estimate of drug-likeness (QED) is 0.294. The number of hydrogen-bond donors (Lipinski definition) is 0. The number of carbonyl (C=O) groups is 2. The second-order valence-corrected chi connectivity index (χ2v) is 9.40. The average molecular weight is 490 g/mol. The van der Waals surface area contributed by atoms with E-state index in [1.165, 1.54) is 0 Å². The highest BCUT2D eigenvalue weighted by molar-refractivity contribution is 6.08. The van der Waals surface area contributed by atoms with Gasteiger partial charge in [-0.25, -0.2) is 0 Å². The molecule has 2 aliphatic rings. The van der Waals surface area contributed by atoms with Crippen molar-refractivity contribution in [3.05, 3.63) is 70.9 Å². The van der Waals surface area contributed by atoms with Gasteiger partial charge in [0.15, 0.2) is 17.3 Å². The summed E-state index contributed by atoms with van der Waals surface area (Å²) in [5, 5.41) is 0. The Kier molecular flexibility index (Phi) is 8.57. The zero-order valence-corrected chi connectivity index (χ0v) is 21.4. The maximum absolute atomic E-state index is 13.3. The smallest absolute Gasteiger partial charge is 0.315 e. The number of ketones is 1. The lowest BCUT2D eigenvalue weighted by atomic mass is 9.71. The number of unbranched alkanes of at least 4 members (excludes halogenated alkanes) is 2. The third-order valence-electron chi connectivity index (χ3n) is 6.86. The summed E-state index contributed by atoms with van der Waals surface area (Å²) in [6.07, 6.45) is 4.87. The van der Waals surface area contributed by atoms with Gasteiger partial charge in [0.05, 0.1) is 13.7 Å². The van der Waals surface area contributed by atoms with Crippen LogP contribution in [0.3, 0.4) is 0 Å². The van der Waals surface area contributed by atoms with E-state index >= 15 is 0 Å². The molecule has 6 heteroatoms. The zero-order valence-electron chi connectivity index (χ0n) is 21.4. The third kappa shape index (κ3) is 5.69. The fourth-order valence-corrected chi connectivity index (χ4v) is 5.02.